The molecule has 0 bridgehead atoms. The van der Waals surface area contributed by atoms with Gasteiger partial charge < -0.3 is 10.4 Å². The Balaban J connectivity index is 4.90. The number of amides is 1. The van der Waals surface area contributed by atoms with Crippen molar-refractivity contribution in [2.24, 2.45) is 5.41 Å². The van der Waals surface area contributed by atoms with Crippen LogP contribution < -0.4 is 5.32 Å². The fourth-order valence-corrected chi connectivity index (χ4v) is 1.47. The van der Waals surface area contributed by atoms with E-state index in [1.165, 1.54) is 6.08 Å². The molecule has 0 heterocycles. The van der Waals surface area contributed by atoms with Crippen LogP contribution in [0.1, 0.15) is 48.5 Å². The largest absolute Gasteiger partial charge is 0.512 e. The average Bonchev–Trinajstić information content (AvgIpc) is 2.25. The Morgan fingerprint density at radius 2 is 1.70 bits per heavy atom. The molecule has 0 aliphatic heterocycles. The number of hydrogen-bond donors (Lipinski definition) is 3. The molecule has 0 aliphatic carbocycles. The molecule has 20 heavy (non-hydrogen) atoms. The van der Waals surface area contributed by atoms with Crippen LogP contribution in [0.15, 0.2) is 11.8 Å². The molecule has 0 unspecified atom stereocenters. The van der Waals surface area contributed by atoms with Crippen LogP contribution in [-0.4, -0.2) is 40.4 Å². The number of rotatable bonds is 4. The van der Waals surface area contributed by atoms with Gasteiger partial charge in [0.1, 0.15) is 11.6 Å². The summed E-state index contributed by atoms with van der Waals surface area (Å²) < 4.78 is 0. The number of carbonyl (C=O) groups is 1. The van der Waals surface area contributed by atoms with Crippen molar-refractivity contribution in [2.75, 3.05) is 7.05 Å². The molecule has 1 amide bonds. The van der Waals surface area contributed by atoms with Crippen LogP contribution in [0.25, 0.3) is 0 Å². The Hall–Kier alpha value is -1.36. The number of nitrogens with one attached hydrogen (secondary N) is 2. The molecule has 0 saturated heterocycles. The maximum Gasteiger partial charge on any atom is 0.245 e. The summed E-state index contributed by atoms with van der Waals surface area (Å²) >= 11 is 0. The normalized spacial score (nSPS) is 13.8. The minimum atomic E-state index is -0.730. The highest BCUT2D eigenvalue weighted by molar-refractivity contribution is 6.05. The summed E-state index contributed by atoms with van der Waals surface area (Å²) in [6, 6.07) is 0.212. The standard InChI is InChI=1S/C15H29N3O2/c1-10(2)18(8)15(6,7)13(20)17-12(16)9-11(19)14(3,4)5/h9-10,19H,1-8H3,(H2,16,17,20)/b11-9-. The van der Waals surface area contributed by atoms with Gasteiger partial charge in [0.15, 0.2) is 0 Å². The SMILES string of the molecule is CC(C)N(C)C(C)(C)C(=O)NC(=N)/C=C(\O)C(C)(C)C. The van der Waals surface area contributed by atoms with E-state index in [1.54, 1.807) is 0 Å². The van der Waals surface area contributed by atoms with Crippen molar-refractivity contribution in [1.82, 2.24) is 10.2 Å². The third-order valence-corrected chi connectivity index (χ3v) is 3.51. The summed E-state index contributed by atoms with van der Waals surface area (Å²) in [4.78, 5) is 14.2. The van der Waals surface area contributed by atoms with Gasteiger partial charge in [-0.05, 0) is 34.7 Å². The minimum Gasteiger partial charge on any atom is -0.512 e. The van der Waals surface area contributed by atoms with Gasteiger partial charge in [-0.3, -0.25) is 15.1 Å². The molecule has 5 heteroatoms. The lowest BCUT2D eigenvalue weighted by molar-refractivity contribution is -0.130. The van der Waals surface area contributed by atoms with E-state index in [1.807, 2.05) is 60.4 Å². The van der Waals surface area contributed by atoms with Crippen LogP contribution in [0, 0.1) is 10.8 Å². The van der Waals surface area contributed by atoms with Crippen LogP contribution in [0.2, 0.25) is 0 Å². The van der Waals surface area contributed by atoms with E-state index in [4.69, 9.17) is 5.41 Å². The molecule has 3 N–H and O–H groups in total. The Labute approximate surface area is 122 Å². The molecular formula is C15H29N3O2. The first kappa shape index (κ1) is 18.6. The third kappa shape index (κ3) is 4.96. The van der Waals surface area contributed by atoms with Crippen molar-refractivity contribution >= 4 is 11.7 Å². The molecule has 0 aromatic rings. The Morgan fingerprint density at radius 3 is 2.05 bits per heavy atom. The summed E-state index contributed by atoms with van der Waals surface area (Å²) in [6.07, 6.45) is 1.28. The van der Waals surface area contributed by atoms with Crippen LogP contribution in [-0.2, 0) is 4.79 Å². The van der Waals surface area contributed by atoms with E-state index in [2.05, 4.69) is 5.32 Å². The smallest absolute Gasteiger partial charge is 0.245 e. The molecule has 0 radical (unpaired) electrons. The van der Waals surface area contributed by atoms with Crippen LogP contribution in [0.3, 0.4) is 0 Å². The van der Waals surface area contributed by atoms with Crippen molar-refractivity contribution in [2.45, 2.75) is 60.0 Å². The van der Waals surface area contributed by atoms with Gasteiger partial charge in [-0.2, -0.15) is 0 Å². The van der Waals surface area contributed by atoms with Gasteiger partial charge in [0.2, 0.25) is 5.91 Å². The molecule has 116 valence electrons. The van der Waals surface area contributed by atoms with Crippen LogP contribution in [0.4, 0.5) is 0 Å². The summed E-state index contributed by atoms with van der Waals surface area (Å²) in [5.74, 6) is -0.304. The van der Waals surface area contributed by atoms with Crippen LogP contribution >= 0.6 is 0 Å². The monoisotopic (exact) mass is 283 g/mol. The fourth-order valence-electron chi connectivity index (χ4n) is 1.47. The first-order chi connectivity index (χ1) is 8.80. The molecule has 0 aromatic heterocycles. The highest BCUT2D eigenvalue weighted by atomic mass is 16.3. The maximum absolute atomic E-state index is 12.2. The Bertz CT molecular complexity index is 404. The van der Waals surface area contributed by atoms with E-state index in [0.717, 1.165) is 0 Å². The highest BCUT2D eigenvalue weighted by Crippen LogP contribution is 2.22. The molecule has 0 aliphatic rings. The van der Waals surface area contributed by atoms with Gasteiger partial charge in [0.25, 0.3) is 0 Å². The van der Waals surface area contributed by atoms with Crippen molar-refractivity contribution in [1.29, 1.82) is 5.41 Å². The Morgan fingerprint density at radius 1 is 1.25 bits per heavy atom. The zero-order valence-corrected chi connectivity index (χ0v) is 14.0. The molecule has 0 spiro atoms. The fraction of sp³-hybridized carbons (Fsp3) is 0.733. The van der Waals surface area contributed by atoms with E-state index < -0.39 is 11.0 Å². The van der Waals surface area contributed by atoms with Crippen molar-refractivity contribution in [3.05, 3.63) is 11.8 Å². The summed E-state index contributed by atoms with van der Waals surface area (Å²) in [7, 11) is 1.87. The lowest BCUT2D eigenvalue weighted by Gasteiger charge is -2.36. The summed E-state index contributed by atoms with van der Waals surface area (Å²) in [5, 5.41) is 20.1. The zero-order valence-electron chi connectivity index (χ0n) is 14.0. The predicted octanol–water partition coefficient (Wildman–Crippen LogP) is 2.69. The van der Waals surface area contributed by atoms with Crippen LogP contribution in [0.5, 0.6) is 0 Å². The second-order valence-corrected chi connectivity index (χ2v) is 6.91. The van der Waals surface area contributed by atoms with Gasteiger partial charge in [-0.25, -0.2) is 0 Å². The molecular weight excluding hydrogens is 254 g/mol. The number of aliphatic hydroxyl groups excluding tert-OH is 1. The van der Waals surface area contributed by atoms with E-state index >= 15 is 0 Å². The minimum absolute atomic E-state index is 0.0674. The van der Waals surface area contributed by atoms with E-state index in [9.17, 15) is 9.90 Å². The molecule has 5 nitrogen and oxygen atoms in total. The summed E-state index contributed by atoms with van der Waals surface area (Å²) in [5.41, 5.74) is -1.17. The number of amidine groups is 1. The van der Waals surface area contributed by atoms with Gasteiger partial charge in [-0.15, -0.1) is 0 Å². The molecule has 0 saturated carbocycles. The quantitative estimate of drug-likeness (QED) is 0.422. The zero-order chi connectivity index (χ0) is 16.3. The van der Waals surface area contributed by atoms with E-state index in [0.29, 0.717) is 0 Å². The number of nitrogens with zero attached hydrogens (tertiary/aromatic N) is 1. The van der Waals surface area contributed by atoms with Gasteiger partial charge in [-0.1, -0.05) is 20.8 Å². The second-order valence-electron chi connectivity index (χ2n) is 6.91. The number of allylic oxidation sites excluding steroid dienone is 1. The lowest BCUT2D eigenvalue weighted by Crippen LogP contribution is -2.56. The first-order valence-corrected chi connectivity index (χ1v) is 6.84. The second kappa shape index (κ2) is 6.39. The van der Waals surface area contributed by atoms with Gasteiger partial charge in [0.05, 0.1) is 5.54 Å². The number of aliphatic hydroxyl groups is 1. The van der Waals surface area contributed by atoms with Crippen molar-refractivity contribution < 1.29 is 9.90 Å². The maximum atomic E-state index is 12.2. The molecule has 0 aromatic carbocycles. The Kier molecular flexibility index (Phi) is 5.96. The number of likely N-dealkylation sites (N-methyl/N-ethyl adjacent to an activating group) is 1. The highest BCUT2D eigenvalue weighted by Gasteiger charge is 2.34. The lowest BCUT2D eigenvalue weighted by atomic mass is 9.93. The van der Waals surface area contributed by atoms with E-state index in [-0.39, 0.29) is 23.5 Å². The van der Waals surface area contributed by atoms with Gasteiger partial charge >= 0.3 is 0 Å². The molecule has 0 fully saturated rings. The van der Waals surface area contributed by atoms with Gasteiger partial charge in [0, 0.05) is 17.5 Å². The number of hydrogen-bond acceptors (Lipinski definition) is 4. The molecule has 0 atom stereocenters. The topological polar surface area (TPSA) is 76.4 Å². The number of carbonyl (C=O) groups excluding carboxylic acids is 1. The van der Waals surface area contributed by atoms with Crippen molar-refractivity contribution in [3.8, 4) is 0 Å². The summed E-state index contributed by atoms with van der Waals surface area (Å²) in [6.45, 7) is 13.1. The average molecular weight is 283 g/mol. The first-order valence-electron chi connectivity index (χ1n) is 6.84. The molecule has 0 rings (SSSR count). The third-order valence-electron chi connectivity index (χ3n) is 3.51. The van der Waals surface area contributed by atoms with Crippen molar-refractivity contribution in [3.63, 3.8) is 0 Å². The predicted molar refractivity (Wildman–Crippen MR) is 83.0 cm³/mol.